The highest BCUT2D eigenvalue weighted by atomic mass is 32.1. The Labute approximate surface area is 110 Å². The number of hydrogen-bond acceptors (Lipinski definition) is 4. The number of amides is 1. The summed E-state index contributed by atoms with van der Waals surface area (Å²) in [5, 5.41) is 4.97. The second kappa shape index (κ2) is 5.18. The van der Waals surface area contributed by atoms with Crippen molar-refractivity contribution in [3.05, 3.63) is 40.4 Å². The quantitative estimate of drug-likeness (QED) is 0.892. The maximum atomic E-state index is 12.0. The SMILES string of the molecule is CCc1cccc(C)c1NC(=O)c1csc(N)n1. The van der Waals surface area contributed by atoms with Gasteiger partial charge in [-0.25, -0.2) is 4.98 Å². The Kier molecular flexibility index (Phi) is 3.62. The molecule has 2 aromatic rings. The van der Waals surface area contributed by atoms with Crippen LogP contribution >= 0.6 is 11.3 Å². The van der Waals surface area contributed by atoms with Crippen molar-refractivity contribution in [2.75, 3.05) is 11.1 Å². The first-order valence-corrected chi connectivity index (χ1v) is 6.60. The van der Waals surface area contributed by atoms with E-state index in [1.807, 2.05) is 25.1 Å². The molecule has 3 N–H and O–H groups in total. The van der Waals surface area contributed by atoms with Gasteiger partial charge < -0.3 is 11.1 Å². The minimum atomic E-state index is -0.216. The van der Waals surface area contributed by atoms with Crippen LogP contribution in [0.15, 0.2) is 23.6 Å². The molecule has 0 aliphatic heterocycles. The number of para-hydroxylation sites is 1. The van der Waals surface area contributed by atoms with Gasteiger partial charge in [-0.1, -0.05) is 25.1 Å². The van der Waals surface area contributed by atoms with Crippen molar-refractivity contribution in [2.45, 2.75) is 20.3 Å². The molecule has 1 heterocycles. The third-order valence-electron chi connectivity index (χ3n) is 2.73. The van der Waals surface area contributed by atoms with E-state index in [0.717, 1.165) is 23.2 Å². The Bertz CT molecular complexity index is 577. The van der Waals surface area contributed by atoms with Crippen molar-refractivity contribution in [2.24, 2.45) is 0 Å². The number of aryl methyl sites for hydroxylation is 2. The maximum Gasteiger partial charge on any atom is 0.275 e. The number of nitrogens with zero attached hydrogens (tertiary/aromatic N) is 1. The van der Waals surface area contributed by atoms with Gasteiger partial charge in [0.15, 0.2) is 5.13 Å². The number of aromatic nitrogens is 1. The Morgan fingerprint density at radius 1 is 1.50 bits per heavy atom. The molecule has 4 nitrogen and oxygen atoms in total. The summed E-state index contributed by atoms with van der Waals surface area (Å²) in [6, 6.07) is 5.98. The van der Waals surface area contributed by atoms with Crippen molar-refractivity contribution in [3.63, 3.8) is 0 Å². The molecule has 5 heteroatoms. The molecule has 0 saturated heterocycles. The Morgan fingerprint density at radius 2 is 2.28 bits per heavy atom. The number of nitrogens with one attached hydrogen (secondary N) is 1. The van der Waals surface area contributed by atoms with E-state index in [2.05, 4.69) is 17.2 Å². The fourth-order valence-electron chi connectivity index (χ4n) is 1.77. The smallest absolute Gasteiger partial charge is 0.275 e. The molecule has 0 radical (unpaired) electrons. The van der Waals surface area contributed by atoms with E-state index >= 15 is 0 Å². The van der Waals surface area contributed by atoms with Crippen LogP contribution in [0.25, 0.3) is 0 Å². The van der Waals surface area contributed by atoms with Gasteiger partial charge in [-0.15, -0.1) is 11.3 Å². The minimum Gasteiger partial charge on any atom is -0.375 e. The van der Waals surface area contributed by atoms with Crippen LogP contribution in [0, 0.1) is 6.92 Å². The molecule has 0 aliphatic carbocycles. The van der Waals surface area contributed by atoms with E-state index in [-0.39, 0.29) is 5.91 Å². The lowest BCUT2D eigenvalue weighted by molar-refractivity contribution is 0.102. The highest BCUT2D eigenvalue weighted by Gasteiger charge is 2.12. The molecular weight excluding hydrogens is 246 g/mol. The van der Waals surface area contributed by atoms with Crippen molar-refractivity contribution in [1.82, 2.24) is 4.98 Å². The number of nitrogen functional groups attached to an aromatic ring is 1. The summed E-state index contributed by atoms with van der Waals surface area (Å²) >= 11 is 1.26. The van der Waals surface area contributed by atoms with Gasteiger partial charge in [0, 0.05) is 11.1 Å². The van der Waals surface area contributed by atoms with Gasteiger partial charge >= 0.3 is 0 Å². The summed E-state index contributed by atoms with van der Waals surface area (Å²) in [6.07, 6.45) is 0.872. The third kappa shape index (κ3) is 2.51. The van der Waals surface area contributed by atoms with Crippen LogP contribution in [0.1, 0.15) is 28.5 Å². The molecule has 0 atom stereocenters. The van der Waals surface area contributed by atoms with Gasteiger partial charge in [0.1, 0.15) is 5.69 Å². The Hall–Kier alpha value is -1.88. The molecule has 0 spiro atoms. The lowest BCUT2D eigenvalue weighted by atomic mass is 10.1. The van der Waals surface area contributed by atoms with Crippen LogP contribution in [-0.4, -0.2) is 10.9 Å². The van der Waals surface area contributed by atoms with Gasteiger partial charge in [0.05, 0.1) is 0 Å². The number of nitrogens with two attached hydrogens (primary N) is 1. The summed E-state index contributed by atoms with van der Waals surface area (Å²) in [5.41, 5.74) is 8.92. The number of benzene rings is 1. The molecule has 1 aromatic carbocycles. The normalized spacial score (nSPS) is 10.3. The lowest BCUT2D eigenvalue weighted by Crippen LogP contribution is -2.14. The van der Waals surface area contributed by atoms with E-state index in [1.54, 1.807) is 5.38 Å². The van der Waals surface area contributed by atoms with E-state index in [0.29, 0.717) is 10.8 Å². The summed E-state index contributed by atoms with van der Waals surface area (Å²) in [6.45, 7) is 4.04. The lowest BCUT2D eigenvalue weighted by Gasteiger charge is -2.11. The summed E-state index contributed by atoms with van der Waals surface area (Å²) in [4.78, 5) is 16.0. The van der Waals surface area contributed by atoms with Crippen LogP contribution in [0.5, 0.6) is 0 Å². The highest BCUT2D eigenvalue weighted by Crippen LogP contribution is 2.22. The summed E-state index contributed by atoms with van der Waals surface area (Å²) < 4.78 is 0. The second-order valence-electron chi connectivity index (χ2n) is 3.99. The van der Waals surface area contributed by atoms with E-state index in [9.17, 15) is 4.79 Å². The largest absolute Gasteiger partial charge is 0.375 e. The van der Waals surface area contributed by atoms with Gasteiger partial charge in [-0.3, -0.25) is 4.79 Å². The van der Waals surface area contributed by atoms with Crippen LogP contribution in [-0.2, 0) is 6.42 Å². The van der Waals surface area contributed by atoms with Crippen LogP contribution < -0.4 is 11.1 Å². The monoisotopic (exact) mass is 261 g/mol. The molecular formula is C13H15N3OS. The van der Waals surface area contributed by atoms with E-state index in [1.165, 1.54) is 11.3 Å². The highest BCUT2D eigenvalue weighted by molar-refractivity contribution is 7.13. The van der Waals surface area contributed by atoms with Gasteiger partial charge in [0.2, 0.25) is 0 Å². The molecule has 1 amide bonds. The number of rotatable bonds is 3. The fraction of sp³-hybridized carbons (Fsp3) is 0.231. The number of anilines is 2. The van der Waals surface area contributed by atoms with Crippen LogP contribution in [0.4, 0.5) is 10.8 Å². The van der Waals surface area contributed by atoms with E-state index in [4.69, 9.17) is 5.73 Å². The fourth-order valence-corrected chi connectivity index (χ4v) is 2.31. The number of thiazole rings is 1. The Morgan fingerprint density at radius 3 is 2.89 bits per heavy atom. The first-order valence-electron chi connectivity index (χ1n) is 5.72. The average Bonchev–Trinajstić information content (AvgIpc) is 2.78. The van der Waals surface area contributed by atoms with Crippen molar-refractivity contribution >= 4 is 28.1 Å². The topological polar surface area (TPSA) is 68.0 Å². The molecule has 2 rings (SSSR count). The van der Waals surface area contributed by atoms with Crippen molar-refractivity contribution < 1.29 is 4.79 Å². The molecule has 18 heavy (non-hydrogen) atoms. The zero-order valence-corrected chi connectivity index (χ0v) is 11.2. The summed E-state index contributed by atoms with van der Waals surface area (Å²) in [5.74, 6) is -0.216. The maximum absolute atomic E-state index is 12.0. The predicted octanol–water partition coefficient (Wildman–Crippen LogP) is 2.85. The van der Waals surface area contributed by atoms with E-state index < -0.39 is 0 Å². The number of carbonyl (C=O) groups is 1. The molecule has 0 aliphatic rings. The van der Waals surface area contributed by atoms with Gasteiger partial charge in [-0.2, -0.15) is 0 Å². The molecule has 1 aromatic heterocycles. The zero-order chi connectivity index (χ0) is 13.1. The standard InChI is InChI=1S/C13H15N3OS/c1-3-9-6-4-5-8(2)11(9)16-12(17)10-7-18-13(14)15-10/h4-7H,3H2,1-2H3,(H2,14,15)(H,16,17). The molecule has 0 unspecified atom stereocenters. The molecule has 0 saturated carbocycles. The van der Waals surface area contributed by atoms with Gasteiger partial charge in [0.25, 0.3) is 5.91 Å². The minimum absolute atomic E-state index is 0.216. The Balaban J connectivity index is 2.26. The van der Waals surface area contributed by atoms with Crippen LogP contribution in [0.3, 0.4) is 0 Å². The van der Waals surface area contributed by atoms with Crippen LogP contribution in [0.2, 0.25) is 0 Å². The summed E-state index contributed by atoms with van der Waals surface area (Å²) in [7, 11) is 0. The zero-order valence-electron chi connectivity index (χ0n) is 10.4. The average molecular weight is 261 g/mol. The third-order valence-corrected chi connectivity index (χ3v) is 3.41. The predicted molar refractivity (Wildman–Crippen MR) is 75.0 cm³/mol. The first kappa shape index (κ1) is 12.6. The number of hydrogen-bond donors (Lipinski definition) is 2. The second-order valence-corrected chi connectivity index (χ2v) is 4.88. The van der Waals surface area contributed by atoms with Gasteiger partial charge in [-0.05, 0) is 24.5 Å². The first-order chi connectivity index (χ1) is 8.61. The molecule has 0 bridgehead atoms. The number of carbonyl (C=O) groups excluding carboxylic acids is 1. The van der Waals surface area contributed by atoms with Crippen molar-refractivity contribution in [1.29, 1.82) is 0 Å². The molecule has 0 fully saturated rings. The molecule has 94 valence electrons. The van der Waals surface area contributed by atoms with Crippen molar-refractivity contribution in [3.8, 4) is 0 Å².